The third-order valence-electron chi connectivity index (χ3n) is 3.81. The second-order valence-electron chi connectivity index (χ2n) is 5.46. The zero-order valence-electron chi connectivity index (χ0n) is 12.3. The smallest absolute Gasteiger partial charge is 0.255 e. The van der Waals surface area contributed by atoms with E-state index < -0.39 is 27.9 Å². The maximum Gasteiger partial charge on any atom is 0.255 e. The first-order valence-electron chi connectivity index (χ1n) is 6.52. The van der Waals surface area contributed by atoms with E-state index in [1.54, 1.807) is 13.8 Å². The predicted octanol–water partition coefficient (Wildman–Crippen LogP) is 5.03. The Bertz CT molecular complexity index is 573. The lowest BCUT2D eigenvalue weighted by atomic mass is 9.80. The van der Waals surface area contributed by atoms with Crippen LogP contribution in [-0.4, -0.2) is 10.4 Å². The van der Waals surface area contributed by atoms with Crippen molar-refractivity contribution in [1.29, 1.82) is 0 Å². The molecule has 116 valence electrons. The molecule has 0 aromatic heterocycles. The molecular weight excluding hydrogens is 318 g/mol. The largest absolute Gasteiger partial charge is 0.286 e. The van der Waals surface area contributed by atoms with Gasteiger partial charge >= 0.3 is 0 Å². The normalized spacial score (nSPS) is 13.1. The van der Waals surface area contributed by atoms with E-state index >= 15 is 0 Å². The summed E-state index contributed by atoms with van der Waals surface area (Å²) in [6.45, 7) is 7.47. The molecule has 0 saturated heterocycles. The van der Waals surface area contributed by atoms with Gasteiger partial charge in [0.1, 0.15) is 11.6 Å². The minimum Gasteiger partial charge on any atom is -0.286 e. The summed E-state index contributed by atoms with van der Waals surface area (Å²) in [5.74, 6) is -1.81. The molecular formula is C15H17ClF2O2S. The molecule has 1 atom stereocenters. The zero-order chi connectivity index (χ0) is 16.4. The van der Waals surface area contributed by atoms with E-state index in [9.17, 15) is 18.4 Å². The van der Waals surface area contributed by atoms with Gasteiger partial charge in [-0.1, -0.05) is 34.1 Å². The van der Waals surface area contributed by atoms with E-state index in [0.29, 0.717) is 17.8 Å². The fourth-order valence-corrected chi connectivity index (χ4v) is 2.84. The molecule has 0 fully saturated rings. The lowest BCUT2D eigenvalue weighted by Gasteiger charge is -2.29. The number of halogens is 3. The topological polar surface area (TPSA) is 34.1 Å². The summed E-state index contributed by atoms with van der Waals surface area (Å²) in [7, 11) is 0. The molecule has 0 saturated carbocycles. The lowest BCUT2D eigenvalue weighted by Crippen LogP contribution is -2.29. The van der Waals surface area contributed by atoms with Crippen molar-refractivity contribution in [2.75, 3.05) is 0 Å². The molecule has 0 radical (unpaired) electrons. The first kappa shape index (κ1) is 18.1. The SMILES string of the molecule is CCC(C)C(C)(C)C(=O)Sc1cc(C(=O)Cl)c(F)cc1F. The summed E-state index contributed by atoms with van der Waals surface area (Å²) >= 11 is 5.91. The summed E-state index contributed by atoms with van der Waals surface area (Å²) in [6, 6.07) is 1.55. The van der Waals surface area contributed by atoms with Crippen LogP contribution < -0.4 is 0 Å². The van der Waals surface area contributed by atoms with Crippen LogP contribution in [0.3, 0.4) is 0 Å². The van der Waals surface area contributed by atoms with Crippen molar-refractivity contribution in [3.8, 4) is 0 Å². The minimum absolute atomic E-state index is 0.0956. The molecule has 0 N–H and O–H groups in total. The van der Waals surface area contributed by atoms with Crippen molar-refractivity contribution >= 4 is 33.7 Å². The molecule has 0 heterocycles. The number of thioether (sulfide) groups is 1. The first-order valence-corrected chi connectivity index (χ1v) is 7.71. The highest BCUT2D eigenvalue weighted by Gasteiger charge is 2.34. The summed E-state index contributed by atoms with van der Waals surface area (Å²) < 4.78 is 27.2. The van der Waals surface area contributed by atoms with Crippen molar-refractivity contribution in [1.82, 2.24) is 0 Å². The minimum atomic E-state index is -1.04. The molecule has 0 amide bonds. The first-order chi connectivity index (χ1) is 9.61. The summed E-state index contributed by atoms with van der Waals surface area (Å²) in [5.41, 5.74) is -1.10. The van der Waals surface area contributed by atoms with Gasteiger partial charge in [-0.15, -0.1) is 0 Å². The molecule has 0 spiro atoms. The third kappa shape index (κ3) is 4.04. The predicted molar refractivity (Wildman–Crippen MR) is 80.6 cm³/mol. The number of rotatable bonds is 5. The van der Waals surface area contributed by atoms with Crippen LogP contribution in [0.5, 0.6) is 0 Å². The molecule has 0 aliphatic rings. The molecule has 0 bridgehead atoms. The fraction of sp³-hybridized carbons (Fsp3) is 0.467. The highest BCUT2D eigenvalue weighted by Crippen LogP contribution is 2.38. The fourth-order valence-electron chi connectivity index (χ4n) is 1.70. The van der Waals surface area contributed by atoms with Crippen molar-refractivity contribution in [3.63, 3.8) is 0 Å². The maximum atomic E-state index is 13.8. The van der Waals surface area contributed by atoms with Crippen LogP contribution in [0.25, 0.3) is 0 Å². The second kappa shape index (κ2) is 6.88. The van der Waals surface area contributed by atoms with Gasteiger partial charge in [0.05, 0.1) is 10.5 Å². The summed E-state index contributed by atoms with van der Waals surface area (Å²) in [5, 5.41) is -1.27. The Kier molecular flexibility index (Phi) is 5.93. The van der Waals surface area contributed by atoms with Gasteiger partial charge in [0, 0.05) is 11.5 Å². The van der Waals surface area contributed by atoms with Crippen LogP contribution in [0, 0.1) is 23.0 Å². The highest BCUT2D eigenvalue weighted by atomic mass is 35.5. The highest BCUT2D eigenvalue weighted by molar-refractivity contribution is 8.13. The standard InChI is InChI=1S/C15H17ClF2O2S/c1-5-8(2)15(3,4)14(20)21-12-6-9(13(16)19)10(17)7-11(12)18/h6-8H,5H2,1-4H3. The maximum absolute atomic E-state index is 13.8. The summed E-state index contributed by atoms with van der Waals surface area (Å²) in [6.07, 6.45) is 0.802. The number of benzene rings is 1. The monoisotopic (exact) mass is 334 g/mol. The van der Waals surface area contributed by atoms with Crippen LogP contribution in [0.2, 0.25) is 0 Å². The molecule has 1 rings (SSSR count). The van der Waals surface area contributed by atoms with Crippen molar-refractivity contribution < 1.29 is 18.4 Å². The van der Waals surface area contributed by atoms with E-state index in [-0.39, 0.29) is 15.9 Å². The number of hydrogen-bond donors (Lipinski definition) is 0. The Morgan fingerprint density at radius 2 is 1.86 bits per heavy atom. The molecule has 1 unspecified atom stereocenters. The Labute approximate surface area is 132 Å². The molecule has 0 aliphatic heterocycles. The molecule has 1 aromatic rings. The lowest BCUT2D eigenvalue weighted by molar-refractivity contribution is -0.120. The quantitative estimate of drug-likeness (QED) is 0.559. The van der Waals surface area contributed by atoms with Crippen LogP contribution in [-0.2, 0) is 4.79 Å². The van der Waals surface area contributed by atoms with Gasteiger partial charge in [0.25, 0.3) is 5.24 Å². The van der Waals surface area contributed by atoms with Gasteiger partial charge < -0.3 is 0 Å². The second-order valence-corrected chi connectivity index (χ2v) is 6.81. The Hall–Kier alpha value is -0.940. The van der Waals surface area contributed by atoms with E-state index in [2.05, 4.69) is 0 Å². The van der Waals surface area contributed by atoms with E-state index in [4.69, 9.17) is 11.6 Å². The summed E-state index contributed by atoms with van der Waals surface area (Å²) in [4.78, 5) is 23.3. The van der Waals surface area contributed by atoms with Gasteiger partial charge in [-0.05, 0) is 35.3 Å². The Balaban J connectivity index is 3.11. The molecule has 21 heavy (non-hydrogen) atoms. The average Bonchev–Trinajstić information content (AvgIpc) is 2.39. The van der Waals surface area contributed by atoms with Crippen LogP contribution in [0.15, 0.2) is 17.0 Å². The van der Waals surface area contributed by atoms with Gasteiger partial charge in [0.15, 0.2) is 5.12 Å². The van der Waals surface area contributed by atoms with Crippen molar-refractivity contribution in [3.05, 3.63) is 29.3 Å². The van der Waals surface area contributed by atoms with Crippen LogP contribution in [0.1, 0.15) is 44.5 Å². The Morgan fingerprint density at radius 1 is 1.29 bits per heavy atom. The van der Waals surface area contributed by atoms with Gasteiger partial charge in [0.2, 0.25) is 0 Å². The third-order valence-corrected chi connectivity index (χ3v) is 5.25. The van der Waals surface area contributed by atoms with Crippen LogP contribution >= 0.6 is 23.4 Å². The van der Waals surface area contributed by atoms with E-state index in [1.165, 1.54) is 0 Å². The Morgan fingerprint density at radius 3 is 2.33 bits per heavy atom. The van der Waals surface area contributed by atoms with E-state index in [0.717, 1.165) is 12.5 Å². The average molecular weight is 335 g/mol. The van der Waals surface area contributed by atoms with E-state index in [1.807, 2.05) is 13.8 Å². The van der Waals surface area contributed by atoms with Gasteiger partial charge in [-0.3, -0.25) is 9.59 Å². The molecule has 2 nitrogen and oxygen atoms in total. The zero-order valence-corrected chi connectivity index (χ0v) is 13.9. The van der Waals surface area contributed by atoms with Gasteiger partial charge in [-0.25, -0.2) is 8.78 Å². The number of hydrogen-bond acceptors (Lipinski definition) is 3. The van der Waals surface area contributed by atoms with Crippen molar-refractivity contribution in [2.45, 2.75) is 39.0 Å². The van der Waals surface area contributed by atoms with Crippen LogP contribution in [0.4, 0.5) is 8.78 Å². The molecule has 0 aliphatic carbocycles. The molecule has 1 aromatic carbocycles. The number of carbonyl (C=O) groups is 2. The van der Waals surface area contributed by atoms with Crippen molar-refractivity contribution in [2.24, 2.45) is 11.3 Å². The molecule has 6 heteroatoms. The number of carbonyl (C=O) groups excluding carboxylic acids is 2. The van der Waals surface area contributed by atoms with Gasteiger partial charge in [-0.2, -0.15) is 0 Å².